The van der Waals surface area contributed by atoms with Gasteiger partial charge in [-0.15, -0.1) is 0 Å². The summed E-state index contributed by atoms with van der Waals surface area (Å²) in [6.07, 6.45) is 1.17. The maximum Gasteiger partial charge on any atom is 0.326 e. The summed E-state index contributed by atoms with van der Waals surface area (Å²) in [6, 6.07) is -0.746. The zero-order valence-electron chi connectivity index (χ0n) is 11.0. The largest absolute Gasteiger partial charge is 0.480 e. The van der Waals surface area contributed by atoms with Gasteiger partial charge in [0.1, 0.15) is 6.04 Å². The normalized spacial score (nSPS) is 19.7. The molecule has 0 spiro atoms. The Hall–Kier alpha value is -1.59. The molecule has 1 aliphatic rings. The van der Waals surface area contributed by atoms with E-state index in [1.54, 1.807) is 20.8 Å². The van der Waals surface area contributed by atoms with E-state index in [0.29, 0.717) is 19.4 Å². The number of carboxylic acid groups (broad SMARTS) is 1. The van der Waals surface area contributed by atoms with Crippen molar-refractivity contribution < 1.29 is 19.5 Å². The Kier molecular flexibility index (Phi) is 4.32. The Labute approximate surface area is 106 Å². The monoisotopic (exact) mass is 256 g/mol. The van der Waals surface area contributed by atoms with E-state index in [4.69, 9.17) is 5.11 Å². The minimum absolute atomic E-state index is 0.139. The van der Waals surface area contributed by atoms with Gasteiger partial charge in [-0.25, -0.2) is 4.79 Å². The second-order valence-corrected chi connectivity index (χ2v) is 5.52. The molecule has 0 saturated carbocycles. The standard InChI is InChI=1S/C12H20N2O4/c1-12(2,3)11(18)13-7-9(15)14-6-4-5-8(14)10(16)17/h8H,4-7H2,1-3H3,(H,13,18)(H,16,17)/t8-/m1/s1. The Morgan fingerprint density at radius 2 is 1.94 bits per heavy atom. The van der Waals surface area contributed by atoms with Gasteiger partial charge in [-0.05, 0) is 12.8 Å². The van der Waals surface area contributed by atoms with Crippen LogP contribution in [0.3, 0.4) is 0 Å². The van der Waals surface area contributed by atoms with Crippen molar-refractivity contribution >= 4 is 17.8 Å². The van der Waals surface area contributed by atoms with Crippen LogP contribution in [0.1, 0.15) is 33.6 Å². The van der Waals surface area contributed by atoms with Gasteiger partial charge in [0, 0.05) is 12.0 Å². The van der Waals surface area contributed by atoms with Crippen LogP contribution in [0.2, 0.25) is 0 Å². The van der Waals surface area contributed by atoms with E-state index in [0.717, 1.165) is 0 Å². The maximum absolute atomic E-state index is 11.8. The average molecular weight is 256 g/mol. The van der Waals surface area contributed by atoms with Crippen LogP contribution in [0.15, 0.2) is 0 Å². The predicted octanol–water partition coefficient (Wildman–Crippen LogP) is 0.224. The van der Waals surface area contributed by atoms with Crippen molar-refractivity contribution in [1.82, 2.24) is 10.2 Å². The van der Waals surface area contributed by atoms with Crippen molar-refractivity contribution in [1.29, 1.82) is 0 Å². The summed E-state index contributed by atoms with van der Waals surface area (Å²) in [6.45, 7) is 5.56. The molecule has 6 heteroatoms. The van der Waals surface area contributed by atoms with Crippen LogP contribution in [0, 0.1) is 5.41 Å². The lowest BCUT2D eigenvalue weighted by Crippen LogP contribution is -2.47. The van der Waals surface area contributed by atoms with E-state index in [1.165, 1.54) is 4.90 Å². The van der Waals surface area contributed by atoms with Gasteiger partial charge in [0.2, 0.25) is 11.8 Å². The molecule has 1 atom stereocenters. The Balaban J connectivity index is 2.51. The first-order valence-electron chi connectivity index (χ1n) is 6.04. The number of nitrogens with zero attached hydrogens (tertiary/aromatic N) is 1. The van der Waals surface area contributed by atoms with Crippen molar-refractivity contribution in [3.05, 3.63) is 0 Å². The molecule has 0 unspecified atom stereocenters. The molecule has 0 radical (unpaired) electrons. The fraction of sp³-hybridized carbons (Fsp3) is 0.750. The van der Waals surface area contributed by atoms with Crippen molar-refractivity contribution in [2.75, 3.05) is 13.1 Å². The molecule has 1 rings (SSSR count). The summed E-state index contributed by atoms with van der Waals surface area (Å²) in [5.41, 5.74) is -0.558. The first-order chi connectivity index (χ1) is 8.23. The SMILES string of the molecule is CC(C)(C)C(=O)NCC(=O)N1CCC[C@@H]1C(=O)O. The van der Waals surface area contributed by atoms with Gasteiger partial charge in [-0.3, -0.25) is 9.59 Å². The summed E-state index contributed by atoms with van der Waals surface area (Å²) in [5, 5.41) is 11.5. The Morgan fingerprint density at radius 1 is 1.33 bits per heavy atom. The van der Waals surface area contributed by atoms with Crippen LogP contribution in [0.4, 0.5) is 0 Å². The maximum atomic E-state index is 11.8. The van der Waals surface area contributed by atoms with Gasteiger partial charge in [0.15, 0.2) is 0 Å². The minimum Gasteiger partial charge on any atom is -0.480 e. The van der Waals surface area contributed by atoms with Crippen molar-refractivity contribution in [2.45, 2.75) is 39.7 Å². The quantitative estimate of drug-likeness (QED) is 0.756. The zero-order chi connectivity index (χ0) is 13.9. The summed E-state index contributed by atoms with van der Waals surface area (Å²) in [4.78, 5) is 35.7. The Morgan fingerprint density at radius 3 is 2.44 bits per heavy atom. The van der Waals surface area contributed by atoms with Crippen LogP contribution in [0.5, 0.6) is 0 Å². The summed E-state index contributed by atoms with van der Waals surface area (Å²) < 4.78 is 0. The van der Waals surface area contributed by atoms with Gasteiger partial charge in [-0.1, -0.05) is 20.8 Å². The summed E-state index contributed by atoms with van der Waals surface area (Å²) in [5.74, 6) is -1.54. The number of hydrogen-bond donors (Lipinski definition) is 2. The van der Waals surface area contributed by atoms with Gasteiger partial charge < -0.3 is 15.3 Å². The highest BCUT2D eigenvalue weighted by molar-refractivity contribution is 5.89. The number of carbonyl (C=O) groups is 3. The summed E-state index contributed by atoms with van der Waals surface area (Å²) >= 11 is 0. The van der Waals surface area contributed by atoms with Gasteiger partial charge in [0.25, 0.3) is 0 Å². The van der Waals surface area contributed by atoms with Crippen LogP contribution < -0.4 is 5.32 Å². The third kappa shape index (κ3) is 3.45. The molecule has 1 aliphatic heterocycles. The van der Waals surface area contributed by atoms with Crippen molar-refractivity contribution in [3.63, 3.8) is 0 Å². The van der Waals surface area contributed by atoms with Gasteiger partial charge >= 0.3 is 5.97 Å². The fourth-order valence-electron chi connectivity index (χ4n) is 1.84. The first-order valence-corrected chi connectivity index (χ1v) is 6.04. The third-order valence-electron chi connectivity index (χ3n) is 2.94. The number of carbonyl (C=O) groups excluding carboxylic acids is 2. The van der Waals surface area contributed by atoms with Gasteiger partial charge in [-0.2, -0.15) is 0 Å². The zero-order valence-corrected chi connectivity index (χ0v) is 11.0. The minimum atomic E-state index is -0.983. The lowest BCUT2D eigenvalue weighted by Gasteiger charge is -2.23. The number of rotatable bonds is 3. The van der Waals surface area contributed by atoms with E-state index in [1.807, 2.05) is 0 Å². The first kappa shape index (κ1) is 14.5. The van der Waals surface area contributed by atoms with E-state index >= 15 is 0 Å². The molecule has 0 aliphatic carbocycles. The van der Waals surface area contributed by atoms with E-state index in [9.17, 15) is 14.4 Å². The fourth-order valence-corrected chi connectivity index (χ4v) is 1.84. The molecule has 18 heavy (non-hydrogen) atoms. The molecule has 102 valence electrons. The number of amides is 2. The average Bonchev–Trinajstić information content (AvgIpc) is 2.72. The number of hydrogen-bond acceptors (Lipinski definition) is 3. The second kappa shape index (κ2) is 5.37. The van der Waals surface area contributed by atoms with Crippen LogP contribution in [-0.2, 0) is 14.4 Å². The highest BCUT2D eigenvalue weighted by Crippen LogP contribution is 2.17. The van der Waals surface area contributed by atoms with Gasteiger partial charge in [0.05, 0.1) is 6.54 Å². The molecule has 1 saturated heterocycles. The summed E-state index contributed by atoms with van der Waals surface area (Å²) in [7, 11) is 0. The molecular formula is C12H20N2O4. The molecule has 0 aromatic heterocycles. The smallest absolute Gasteiger partial charge is 0.326 e. The Bertz CT molecular complexity index is 360. The molecule has 2 amide bonds. The molecule has 0 aromatic rings. The molecule has 1 heterocycles. The number of likely N-dealkylation sites (tertiary alicyclic amines) is 1. The lowest BCUT2D eigenvalue weighted by molar-refractivity contribution is -0.148. The van der Waals surface area contributed by atoms with Crippen LogP contribution in [-0.4, -0.2) is 46.9 Å². The molecule has 2 N–H and O–H groups in total. The second-order valence-electron chi connectivity index (χ2n) is 5.52. The van der Waals surface area contributed by atoms with E-state index < -0.39 is 17.4 Å². The number of nitrogens with one attached hydrogen (secondary N) is 1. The highest BCUT2D eigenvalue weighted by atomic mass is 16.4. The van der Waals surface area contributed by atoms with E-state index in [2.05, 4.69) is 5.32 Å². The van der Waals surface area contributed by atoms with Crippen molar-refractivity contribution in [2.24, 2.45) is 5.41 Å². The van der Waals surface area contributed by atoms with Crippen LogP contribution >= 0.6 is 0 Å². The highest BCUT2D eigenvalue weighted by Gasteiger charge is 2.34. The predicted molar refractivity (Wildman–Crippen MR) is 64.8 cm³/mol. The number of aliphatic carboxylic acids is 1. The molecule has 1 fully saturated rings. The molecule has 0 bridgehead atoms. The lowest BCUT2D eigenvalue weighted by atomic mass is 9.96. The van der Waals surface area contributed by atoms with E-state index in [-0.39, 0.29) is 18.4 Å². The number of carboxylic acids is 1. The molecular weight excluding hydrogens is 236 g/mol. The molecule has 0 aromatic carbocycles. The third-order valence-corrected chi connectivity index (χ3v) is 2.94. The molecule has 6 nitrogen and oxygen atoms in total. The van der Waals surface area contributed by atoms with Crippen LogP contribution in [0.25, 0.3) is 0 Å². The van der Waals surface area contributed by atoms with Crippen molar-refractivity contribution in [3.8, 4) is 0 Å². The topological polar surface area (TPSA) is 86.7 Å².